The molecule has 0 bridgehead atoms. The minimum atomic E-state index is 0.0747. The van der Waals surface area contributed by atoms with Crippen LogP contribution in [0.15, 0.2) is 46.0 Å². The van der Waals surface area contributed by atoms with Crippen LogP contribution in [-0.4, -0.2) is 23.4 Å². The maximum Gasteiger partial charge on any atom is 0.204 e. The van der Waals surface area contributed by atoms with E-state index >= 15 is 0 Å². The molecule has 112 valence electrons. The van der Waals surface area contributed by atoms with E-state index in [-0.39, 0.29) is 5.75 Å². The van der Waals surface area contributed by atoms with Crippen LogP contribution in [0.4, 0.5) is 5.13 Å². The molecule has 0 radical (unpaired) electrons. The summed E-state index contributed by atoms with van der Waals surface area (Å²) < 4.78 is 6.91. The molecule has 0 fully saturated rings. The Balaban J connectivity index is 1.79. The number of anilines is 1. The Labute approximate surface area is 139 Å². The average molecular weight is 378 g/mol. The summed E-state index contributed by atoms with van der Waals surface area (Å²) in [5.41, 5.74) is 4.64. The molecule has 0 atom stereocenters. The van der Waals surface area contributed by atoms with Crippen molar-refractivity contribution < 1.29 is 9.84 Å². The molecule has 0 spiro atoms. The fourth-order valence-corrected chi connectivity index (χ4v) is 3.15. The summed E-state index contributed by atoms with van der Waals surface area (Å²) >= 11 is 4.91. The van der Waals surface area contributed by atoms with Crippen LogP contribution in [0.2, 0.25) is 0 Å². The zero-order valence-corrected chi connectivity index (χ0v) is 14.0. The van der Waals surface area contributed by atoms with Crippen molar-refractivity contribution in [3.63, 3.8) is 0 Å². The first-order valence-corrected chi connectivity index (χ1v) is 7.99. The van der Waals surface area contributed by atoms with Crippen LogP contribution in [0, 0.1) is 0 Å². The van der Waals surface area contributed by atoms with Crippen molar-refractivity contribution in [2.45, 2.75) is 0 Å². The zero-order chi connectivity index (χ0) is 15.5. The maximum atomic E-state index is 9.68. The van der Waals surface area contributed by atoms with Gasteiger partial charge in [0.15, 0.2) is 11.5 Å². The van der Waals surface area contributed by atoms with Crippen molar-refractivity contribution >= 4 is 48.8 Å². The van der Waals surface area contributed by atoms with Gasteiger partial charge in [-0.15, -0.1) is 0 Å². The Morgan fingerprint density at radius 3 is 2.95 bits per heavy atom. The molecule has 0 saturated carbocycles. The fourth-order valence-electron chi connectivity index (χ4n) is 1.90. The Bertz CT molecular complexity index is 815. The SMILES string of the molecule is COc1cc(/C=N\Nc2nc3ccccc3s2)c(Br)cc1O. The first-order chi connectivity index (χ1) is 10.7. The third-order valence-electron chi connectivity index (χ3n) is 2.96. The van der Waals surface area contributed by atoms with Gasteiger partial charge in [-0.25, -0.2) is 4.98 Å². The molecule has 22 heavy (non-hydrogen) atoms. The van der Waals surface area contributed by atoms with Gasteiger partial charge in [0.2, 0.25) is 5.13 Å². The smallest absolute Gasteiger partial charge is 0.204 e. The van der Waals surface area contributed by atoms with Crippen molar-refractivity contribution in [3.05, 3.63) is 46.4 Å². The number of fused-ring (bicyclic) bond motifs is 1. The lowest BCUT2D eigenvalue weighted by atomic mass is 10.2. The molecule has 2 N–H and O–H groups in total. The van der Waals surface area contributed by atoms with Gasteiger partial charge >= 0.3 is 0 Å². The number of para-hydroxylation sites is 1. The number of aromatic nitrogens is 1. The largest absolute Gasteiger partial charge is 0.504 e. The quantitative estimate of drug-likeness (QED) is 0.527. The van der Waals surface area contributed by atoms with Crippen molar-refractivity contribution in [1.82, 2.24) is 4.98 Å². The number of benzene rings is 2. The van der Waals surface area contributed by atoms with Crippen LogP contribution < -0.4 is 10.2 Å². The average Bonchev–Trinajstić information content (AvgIpc) is 2.92. The Kier molecular flexibility index (Phi) is 4.26. The number of methoxy groups -OCH3 is 1. The Hall–Kier alpha value is -2.12. The van der Waals surface area contributed by atoms with Gasteiger partial charge in [-0.05, 0) is 40.2 Å². The van der Waals surface area contributed by atoms with Crippen LogP contribution in [0.25, 0.3) is 10.2 Å². The van der Waals surface area contributed by atoms with E-state index in [9.17, 15) is 5.11 Å². The molecule has 7 heteroatoms. The van der Waals surface area contributed by atoms with Gasteiger partial charge in [0, 0.05) is 10.0 Å². The molecule has 1 heterocycles. The van der Waals surface area contributed by atoms with Crippen LogP contribution >= 0.6 is 27.3 Å². The molecule has 0 amide bonds. The van der Waals surface area contributed by atoms with Gasteiger partial charge in [0.25, 0.3) is 0 Å². The highest BCUT2D eigenvalue weighted by Crippen LogP contribution is 2.31. The molecule has 3 aromatic rings. The van der Waals surface area contributed by atoms with Gasteiger partial charge in [-0.1, -0.05) is 23.5 Å². The molecule has 0 aliphatic carbocycles. The van der Waals surface area contributed by atoms with Gasteiger partial charge in [-0.3, -0.25) is 5.43 Å². The highest BCUT2D eigenvalue weighted by Gasteiger charge is 2.06. The number of phenolic OH excluding ortho intramolecular Hbond substituents is 1. The van der Waals surface area contributed by atoms with Crippen molar-refractivity contribution in [1.29, 1.82) is 0 Å². The number of nitrogens with zero attached hydrogens (tertiary/aromatic N) is 2. The van der Waals surface area contributed by atoms with E-state index in [1.807, 2.05) is 24.3 Å². The lowest BCUT2D eigenvalue weighted by molar-refractivity contribution is 0.373. The van der Waals surface area contributed by atoms with Gasteiger partial charge < -0.3 is 9.84 Å². The molecule has 0 aliphatic heterocycles. The molecule has 2 aromatic carbocycles. The summed E-state index contributed by atoms with van der Waals surface area (Å²) in [7, 11) is 1.50. The number of hydrazone groups is 1. The van der Waals surface area contributed by atoms with Crippen LogP contribution in [0.3, 0.4) is 0 Å². The third-order valence-corrected chi connectivity index (χ3v) is 4.58. The van der Waals surface area contributed by atoms with E-state index in [0.29, 0.717) is 5.75 Å². The summed E-state index contributed by atoms with van der Waals surface area (Å²) in [5.74, 6) is 0.468. The molecule has 0 aliphatic rings. The van der Waals surface area contributed by atoms with Gasteiger partial charge in [0.05, 0.1) is 23.5 Å². The number of rotatable bonds is 4. The van der Waals surface area contributed by atoms with Crippen molar-refractivity contribution in [2.75, 3.05) is 12.5 Å². The first kappa shape index (κ1) is 14.8. The minimum absolute atomic E-state index is 0.0747. The maximum absolute atomic E-state index is 9.68. The topological polar surface area (TPSA) is 66.7 Å². The standard InChI is InChI=1S/C15H12BrN3O2S/c1-21-13-6-9(10(16)7-12(13)20)8-17-19-15-18-11-4-2-3-5-14(11)22-15/h2-8,20H,1H3,(H,18,19)/b17-8-. The molecule has 5 nitrogen and oxygen atoms in total. The van der Waals surface area contributed by atoms with E-state index in [4.69, 9.17) is 4.74 Å². The molecular formula is C15H12BrN3O2S. The third kappa shape index (κ3) is 3.05. The summed E-state index contributed by atoms with van der Waals surface area (Å²) in [5, 5.41) is 14.6. The summed E-state index contributed by atoms with van der Waals surface area (Å²) in [6.45, 7) is 0. The summed E-state index contributed by atoms with van der Waals surface area (Å²) in [6.07, 6.45) is 1.64. The second-order valence-corrected chi connectivity index (χ2v) is 6.29. The normalized spacial score (nSPS) is 11.2. The molecule has 0 unspecified atom stereocenters. The van der Waals surface area contributed by atoms with Crippen LogP contribution in [0.1, 0.15) is 5.56 Å². The number of thiazole rings is 1. The number of hydrogen-bond donors (Lipinski definition) is 2. The van der Waals surface area contributed by atoms with Crippen LogP contribution in [-0.2, 0) is 0 Å². The number of ether oxygens (including phenoxy) is 1. The van der Waals surface area contributed by atoms with E-state index in [0.717, 1.165) is 25.4 Å². The number of phenols is 1. The van der Waals surface area contributed by atoms with E-state index in [2.05, 4.69) is 31.4 Å². The molecule has 3 rings (SSSR count). The van der Waals surface area contributed by atoms with Crippen molar-refractivity contribution in [3.8, 4) is 11.5 Å². The van der Waals surface area contributed by atoms with E-state index < -0.39 is 0 Å². The van der Waals surface area contributed by atoms with E-state index in [1.165, 1.54) is 18.4 Å². The van der Waals surface area contributed by atoms with E-state index in [1.54, 1.807) is 18.3 Å². The number of aromatic hydroxyl groups is 1. The molecule has 0 saturated heterocycles. The van der Waals surface area contributed by atoms with Crippen molar-refractivity contribution in [2.24, 2.45) is 5.10 Å². The lowest BCUT2D eigenvalue weighted by Crippen LogP contribution is -1.92. The monoisotopic (exact) mass is 377 g/mol. The predicted octanol–water partition coefficient (Wildman–Crippen LogP) is 4.22. The molecule has 1 aromatic heterocycles. The Morgan fingerprint density at radius 1 is 1.36 bits per heavy atom. The summed E-state index contributed by atoms with van der Waals surface area (Å²) in [6, 6.07) is 11.2. The lowest BCUT2D eigenvalue weighted by Gasteiger charge is -2.05. The zero-order valence-electron chi connectivity index (χ0n) is 11.6. The highest BCUT2D eigenvalue weighted by atomic mass is 79.9. The predicted molar refractivity (Wildman–Crippen MR) is 93.2 cm³/mol. The second-order valence-electron chi connectivity index (χ2n) is 4.40. The second kappa shape index (κ2) is 6.33. The molecular weight excluding hydrogens is 366 g/mol. The number of halogens is 1. The minimum Gasteiger partial charge on any atom is -0.504 e. The summed E-state index contributed by atoms with van der Waals surface area (Å²) in [4.78, 5) is 4.43. The van der Waals surface area contributed by atoms with Gasteiger partial charge in [0.1, 0.15) is 0 Å². The highest BCUT2D eigenvalue weighted by molar-refractivity contribution is 9.10. The number of hydrogen-bond acceptors (Lipinski definition) is 6. The first-order valence-electron chi connectivity index (χ1n) is 6.38. The fraction of sp³-hybridized carbons (Fsp3) is 0.0667. The van der Waals surface area contributed by atoms with Gasteiger partial charge in [-0.2, -0.15) is 5.10 Å². The Morgan fingerprint density at radius 2 is 2.18 bits per heavy atom. The number of nitrogens with one attached hydrogen (secondary N) is 1. The van der Waals surface area contributed by atoms with Crippen LogP contribution in [0.5, 0.6) is 11.5 Å².